The minimum atomic E-state index is 0.792. The van der Waals surface area contributed by atoms with Crippen LogP contribution in [0, 0.1) is 5.92 Å². The first kappa shape index (κ1) is 13.7. The molecule has 0 spiro atoms. The summed E-state index contributed by atoms with van der Waals surface area (Å²) in [6.07, 6.45) is 2.46. The molecule has 1 heterocycles. The van der Waals surface area contributed by atoms with Gasteiger partial charge in [0, 0.05) is 30.3 Å². The van der Waals surface area contributed by atoms with Crippen molar-refractivity contribution in [2.45, 2.75) is 33.2 Å². The SMILES string of the molecule is CCCNCc1ccc(Cl)cc1N1CCC(C)C1. The van der Waals surface area contributed by atoms with Crippen LogP contribution in [-0.2, 0) is 6.54 Å². The van der Waals surface area contributed by atoms with E-state index in [1.807, 2.05) is 6.07 Å². The van der Waals surface area contributed by atoms with E-state index in [9.17, 15) is 0 Å². The van der Waals surface area contributed by atoms with Gasteiger partial charge >= 0.3 is 0 Å². The Balaban J connectivity index is 2.13. The van der Waals surface area contributed by atoms with E-state index in [2.05, 4.69) is 36.2 Å². The van der Waals surface area contributed by atoms with Crippen LogP contribution >= 0.6 is 11.6 Å². The lowest BCUT2D eigenvalue weighted by atomic mass is 10.1. The zero-order chi connectivity index (χ0) is 13.0. The lowest BCUT2D eigenvalue weighted by molar-refractivity contribution is 0.657. The summed E-state index contributed by atoms with van der Waals surface area (Å²) in [6.45, 7) is 8.82. The number of hydrogen-bond donors (Lipinski definition) is 1. The third-order valence-corrected chi connectivity index (χ3v) is 3.79. The number of hydrogen-bond acceptors (Lipinski definition) is 2. The number of nitrogens with one attached hydrogen (secondary N) is 1. The molecule has 18 heavy (non-hydrogen) atoms. The minimum Gasteiger partial charge on any atom is -0.371 e. The number of anilines is 1. The van der Waals surface area contributed by atoms with Crippen LogP contribution in [0.5, 0.6) is 0 Å². The Bertz CT molecular complexity index is 392. The molecule has 1 atom stereocenters. The molecule has 1 saturated heterocycles. The first-order chi connectivity index (χ1) is 8.70. The molecular weight excluding hydrogens is 244 g/mol. The van der Waals surface area contributed by atoms with Crippen LogP contribution in [0.1, 0.15) is 32.3 Å². The average molecular weight is 267 g/mol. The number of halogens is 1. The first-order valence-electron chi connectivity index (χ1n) is 6.94. The quantitative estimate of drug-likeness (QED) is 0.818. The molecule has 0 saturated carbocycles. The summed E-state index contributed by atoms with van der Waals surface area (Å²) in [4.78, 5) is 2.47. The lowest BCUT2D eigenvalue weighted by Crippen LogP contribution is -2.23. The van der Waals surface area contributed by atoms with Crippen molar-refractivity contribution in [3.05, 3.63) is 28.8 Å². The maximum Gasteiger partial charge on any atom is 0.0426 e. The third kappa shape index (κ3) is 3.39. The highest BCUT2D eigenvalue weighted by Crippen LogP contribution is 2.29. The van der Waals surface area contributed by atoms with Crippen LogP contribution in [0.2, 0.25) is 5.02 Å². The normalized spacial score (nSPS) is 19.5. The Labute approximate surface area is 115 Å². The molecule has 0 aliphatic carbocycles. The van der Waals surface area contributed by atoms with E-state index in [4.69, 9.17) is 11.6 Å². The van der Waals surface area contributed by atoms with Crippen molar-refractivity contribution < 1.29 is 0 Å². The molecule has 2 rings (SSSR count). The predicted octanol–water partition coefficient (Wildman–Crippen LogP) is 3.69. The van der Waals surface area contributed by atoms with Crippen LogP contribution in [0.25, 0.3) is 0 Å². The minimum absolute atomic E-state index is 0.792. The fourth-order valence-corrected chi connectivity index (χ4v) is 2.70. The second-order valence-electron chi connectivity index (χ2n) is 5.29. The van der Waals surface area contributed by atoms with Gasteiger partial charge in [-0.05, 0) is 43.0 Å². The van der Waals surface area contributed by atoms with E-state index in [0.29, 0.717) is 0 Å². The van der Waals surface area contributed by atoms with E-state index in [1.54, 1.807) is 0 Å². The molecule has 1 unspecified atom stereocenters. The van der Waals surface area contributed by atoms with Crippen molar-refractivity contribution in [2.24, 2.45) is 5.92 Å². The lowest BCUT2D eigenvalue weighted by Gasteiger charge is -2.22. The summed E-state index contributed by atoms with van der Waals surface area (Å²) in [6, 6.07) is 6.26. The Morgan fingerprint density at radius 1 is 1.44 bits per heavy atom. The van der Waals surface area contributed by atoms with Crippen molar-refractivity contribution in [2.75, 3.05) is 24.5 Å². The second kappa shape index (κ2) is 6.44. The molecule has 0 aromatic heterocycles. The summed E-state index contributed by atoms with van der Waals surface area (Å²) in [7, 11) is 0. The standard InChI is InChI=1S/C15H23ClN2/c1-3-7-17-10-13-4-5-14(16)9-15(13)18-8-6-12(2)11-18/h4-5,9,12,17H,3,6-8,10-11H2,1-2H3. The van der Waals surface area contributed by atoms with Gasteiger partial charge in [-0.2, -0.15) is 0 Å². The molecule has 0 radical (unpaired) electrons. The fraction of sp³-hybridized carbons (Fsp3) is 0.600. The molecule has 1 N–H and O–H groups in total. The molecule has 3 heteroatoms. The Kier molecular flexibility index (Phi) is 4.90. The van der Waals surface area contributed by atoms with Gasteiger partial charge in [0.2, 0.25) is 0 Å². The molecule has 2 nitrogen and oxygen atoms in total. The molecule has 100 valence electrons. The molecule has 1 aliphatic heterocycles. The van der Waals surface area contributed by atoms with Gasteiger partial charge in [0.25, 0.3) is 0 Å². The average Bonchev–Trinajstić information content (AvgIpc) is 2.78. The van der Waals surface area contributed by atoms with Gasteiger partial charge < -0.3 is 10.2 Å². The Morgan fingerprint density at radius 3 is 2.94 bits per heavy atom. The maximum absolute atomic E-state index is 6.15. The second-order valence-corrected chi connectivity index (χ2v) is 5.73. The molecule has 0 amide bonds. The molecule has 1 aliphatic rings. The summed E-state index contributed by atoms with van der Waals surface area (Å²) in [5.41, 5.74) is 2.68. The van der Waals surface area contributed by atoms with Crippen LogP contribution in [-0.4, -0.2) is 19.6 Å². The van der Waals surface area contributed by atoms with Gasteiger partial charge in [-0.25, -0.2) is 0 Å². The van der Waals surface area contributed by atoms with E-state index in [-0.39, 0.29) is 0 Å². The summed E-state index contributed by atoms with van der Waals surface area (Å²) < 4.78 is 0. The van der Waals surface area contributed by atoms with Crippen LogP contribution in [0.3, 0.4) is 0 Å². The Hall–Kier alpha value is -0.730. The highest BCUT2D eigenvalue weighted by atomic mass is 35.5. The summed E-state index contributed by atoms with van der Waals surface area (Å²) in [5, 5.41) is 4.31. The van der Waals surface area contributed by atoms with Gasteiger partial charge in [0.15, 0.2) is 0 Å². The maximum atomic E-state index is 6.15. The summed E-state index contributed by atoms with van der Waals surface area (Å²) in [5.74, 6) is 0.792. The van der Waals surface area contributed by atoms with Crippen molar-refractivity contribution in [1.82, 2.24) is 5.32 Å². The van der Waals surface area contributed by atoms with Gasteiger partial charge in [0.1, 0.15) is 0 Å². The van der Waals surface area contributed by atoms with Crippen molar-refractivity contribution >= 4 is 17.3 Å². The van der Waals surface area contributed by atoms with E-state index >= 15 is 0 Å². The van der Waals surface area contributed by atoms with Gasteiger partial charge in [0.05, 0.1) is 0 Å². The van der Waals surface area contributed by atoms with Crippen molar-refractivity contribution in [3.8, 4) is 0 Å². The number of benzene rings is 1. The molecule has 0 bridgehead atoms. The molecule has 1 aromatic rings. The third-order valence-electron chi connectivity index (χ3n) is 3.55. The topological polar surface area (TPSA) is 15.3 Å². The number of nitrogens with zero attached hydrogens (tertiary/aromatic N) is 1. The van der Waals surface area contributed by atoms with Gasteiger partial charge in [-0.3, -0.25) is 0 Å². The molecular formula is C15H23ClN2. The fourth-order valence-electron chi connectivity index (χ4n) is 2.53. The van der Waals surface area contributed by atoms with Gasteiger partial charge in [-0.1, -0.05) is 31.5 Å². The van der Waals surface area contributed by atoms with Crippen LogP contribution < -0.4 is 10.2 Å². The number of rotatable bonds is 5. The van der Waals surface area contributed by atoms with E-state index in [0.717, 1.165) is 37.1 Å². The van der Waals surface area contributed by atoms with E-state index in [1.165, 1.54) is 24.1 Å². The molecule has 1 aromatic carbocycles. The first-order valence-corrected chi connectivity index (χ1v) is 7.32. The highest BCUT2D eigenvalue weighted by Gasteiger charge is 2.21. The molecule has 1 fully saturated rings. The zero-order valence-electron chi connectivity index (χ0n) is 11.4. The van der Waals surface area contributed by atoms with Crippen LogP contribution in [0.4, 0.5) is 5.69 Å². The van der Waals surface area contributed by atoms with Crippen molar-refractivity contribution in [3.63, 3.8) is 0 Å². The Morgan fingerprint density at radius 2 is 2.28 bits per heavy atom. The monoisotopic (exact) mass is 266 g/mol. The van der Waals surface area contributed by atoms with Crippen LogP contribution in [0.15, 0.2) is 18.2 Å². The smallest absolute Gasteiger partial charge is 0.0426 e. The van der Waals surface area contributed by atoms with Crippen molar-refractivity contribution in [1.29, 1.82) is 0 Å². The summed E-state index contributed by atoms with van der Waals surface area (Å²) >= 11 is 6.15. The highest BCUT2D eigenvalue weighted by molar-refractivity contribution is 6.30. The largest absolute Gasteiger partial charge is 0.371 e. The zero-order valence-corrected chi connectivity index (χ0v) is 12.1. The van der Waals surface area contributed by atoms with Gasteiger partial charge in [-0.15, -0.1) is 0 Å². The van der Waals surface area contributed by atoms with E-state index < -0.39 is 0 Å². The predicted molar refractivity (Wildman–Crippen MR) is 79.4 cm³/mol.